The van der Waals surface area contributed by atoms with Gasteiger partial charge in [0.05, 0.1) is 12.7 Å². The minimum atomic E-state index is -1.18. The van der Waals surface area contributed by atoms with Gasteiger partial charge in [-0.15, -0.1) is 0 Å². The van der Waals surface area contributed by atoms with Crippen molar-refractivity contribution < 1.29 is 33.7 Å². The molecule has 1 aliphatic heterocycles. The number of guanidine groups is 1. The van der Waals surface area contributed by atoms with Gasteiger partial charge in [-0.3, -0.25) is 14.6 Å². The summed E-state index contributed by atoms with van der Waals surface area (Å²) in [7, 11) is 1.55. The van der Waals surface area contributed by atoms with E-state index >= 15 is 0 Å². The summed E-state index contributed by atoms with van der Waals surface area (Å²) >= 11 is 0. The summed E-state index contributed by atoms with van der Waals surface area (Å²) in [5.41, 5.74) is 11.6. The molecule has 0 radical (unpaired) electrons. The highest BCUT2D eigenvalue weighted by Crippen LogP contribution is 2.35. The number of aliphatic imine (C=N–C) groups is 1. The van der Waals surface area contributed by atoms with Crippen LogP contribution in [0.15, 0.2) is 53.2 Å². The van der Waals surface area contributed by atoms with Gasteiger partial charge in [-0.1, -0.05) is 12.1 Å². The maximum Gasteiger partial charge on any atom is 0.326 e. The number of amides is 1. The van der Waals surface area contributed by atoms with Crippen LogP contribution in [0.25, 0.3) is 6.08 Å². The maximum absolute atomic E-state index is 12.7. The Balaban J connectivity index is 1.58. The summed E-state index contributed by atoms with van der Waals surface area (Å²) in [5, 5.41) is 11.7. The number of Topliss-reactive ketones (excluding diaryl/α,β-unsaturated/α-hetero) is 1. The van der Waals surface area contributed by atoms with E-state index in [-0.39, 0.29) is 36.2 Å². The van der Waals surface area contributed by atoms with Crippen LogP contribution in [-0.4, -0.2) is 55.0 Å². The quantitative estimate of drug-likeness (QED) is 0.159. The van der Waals surface area contributed by atoms with Crippen molar-refractivity contribution in [1.29, 1.82) is 0 Å². The number of carbonyl (C=O) groups is 3. The number of methoxy groups -OCH3 is 1. The Kier molecular flexibility index (Phi) is 8.28. The summed E-state index contributed by atoms with van der Waals surface area (Å²) in [5.74, 6) is -0.782. The Hall–Kier alpha value is -4.54. The molecular weight excluding hydrogens is 456 g/mol. The van der Waals surface area contributed by atoms with E-state index in [1.165, 1.54) is 12.1 Å². The molecule has 0 fully saturated rings. The predicted octanol–water partition coefficient (Wildman–Crippen LogP) is 1.31. The number of nitrogens with zero attached hydrogens (tertiary/aromatic N) is 1. The number of carbonyl (C=O) groups excluding carboxylic acids is 2. The molecule has 0 saturated heterocycles. The number of allylic oxidation sites excluding steroid dienone is 1. The van der Waals surface area contributed by atoms with Crippen LogP contribution < -0.4 is 31.0 Å². The first-order valence-corrected chi connectivity index (χ1v) is 10.7. The first kappa shape index (κ1) is 25.1. The fourth-order valence-electron chi connectivity index (χ4n) is 3.29. The minimum absolute atomic E-state index is 0.0859. The average Bonchev–Trinajstić information content (AvgIpc) is 3.13. The number of ketones is 1. The van der Waals surface area contributed by atoms with Crippen LogP contribution in [0.5, 0.6) is 17.2 Å². The molecule has 0 aromatic heterocycles. The zero-order chi connectivity index (χ0) is 25.4. The Morgan fingerprint density at radius 3 is 2.71 bits per heavy atom. The normalized spacial score (nSPS) is 14.0. The minimum Gasteiger partial charge on any atom is -0.497 e. The van der Waals surface area contributed by atoms with Crippen LogP contribution in [0.1, 0.15) is 28.8 Å². The molecule has 0 aliphatic carbocycles. The van der Waals surface area contributed by atoms with Crippen LogP contribution in [0.4, 0.5) is 0 Å². The van der Waals surface area contributed by atoms with Gasteiger partial charge >= 0.3 is 5.97 Å². The highest BCUT2D eigenvalue weighted by atomic mass is 16.5. The third-order valence-corrected chi connectivity index (χ3v) is 4.98. The first-order valence-electron chi connectivity index (χ1n) is 10.7. The van der Waals surface area contributed by atoms with Gasteiger partial charge in [-0.05, 0) is 48.7 Å². The lowest BCUT2D eigenvalue weighted by molar-refractivity contribution is -0.142. The molecule has 0 spiro atoms. The molecule has 184 valence electrons. The van der Waals surface area contributed by atoms with E-state index in [1.54, 1.807) is 37.5 Å². The summed E-state index contributed by atoms with van der Waals surface area (Å²) in [6.45, 7) is -0.169. The molecule has 1 aliphatic rings. The number of fused-ring (bicyclic) bond motifs is 1. The van der Waals surface area contributed by atoms with Crippen LogP contribution in [-0.2, 0) is 9.59 Å². The van der Waals surface area contributed by atoms with Gasteiger partial charge in [-0.2, -0.15) is 0 Å². The molecule has 1 heterocycles. The molecule has 6 N–H and O–H groups in total. The summed E-state index contributed by atoms with van der Waals surface area (Å²) < 4.78 is 16.3. The highest BCUT2D eigenvalue weighted by molar-refractivity contribution is 6.14. The second-order valence-corrected chi connectivity index (χ2v) is 7.57. The topological polar surface area (TPSA) is 176 Å². The van der Waals surface area contributed by atoms with Gasteiger partial charge < -0.3 is 36.1 Å². The molecule has 11 nitrogen and oxygen atoms in total. The van der Waals surface area contributed by atoms with Crippen LogP contribution in [0.3, 0.4) is 0 Å². The van der Waals surface area contributed by atoms with E-state index < -0.39 is 24.5 Å². The predicted molar refractivity (Wildman–Crippen MR) is 127 cm³/mol. The molecule has 2 aromatic carbocycles. The number of hydrogen-bond donors (Lipinski definition) is 4. The molecule has 35 heavy (non-hydrogen) atoms. The zero-order valence-electron chi connectivity index (χ0n) is 19.0. The molecule has 1 atom stereocenters. The van der Waals surface area contributed by atoms with E-state index in [1.807, 2.05) is 6.07 Å². The Bertz CT molecular complexity index is 1170. The number of carboxylic acids is 1. The monoisotopic (exact) mass is 482 g/mol. The molecule has 0 saturated carbocycles. The number of carboxylic acid groups (broad SMARTS) is 1. The Morgan fingerprint density at radius 1 is 1.20 bits per heavy atom. The molecule has 2 aromatic rings. The van der Waals surface area contributed by atoms with Crippen molar-refractivity contribution in [3.8, 4) is 17.2 Å². The van der Waals surface area contributed by atoms with Crippen molar-refractivity contribution >= 4 is 29.7 Å². The highest BCUT2D eigenvalue weighted by Gasteiger charge is 2.28. The molecule has 3 rings (SSSR count). The Labute approximate surface area is 201 Å². The summed E-state index contributed by atoms with van der Waals surface area (Å²) in [4.78, 5) is 40.0. The number of nitrogens with two attached hydrogens (primary N) is 2. The van der Waals surface area contributed by atoms with Gasteiger partial charge in [0.25, 0.3) is 5.91 Å². The lowest BCUT2D eigenvalue weighted by Gasteiger charge is -2.14. The number of aliphatic carboxylic acids is 1. The lowest BCUT2D eigenvalue weighted by atomic mass is 10.1. The number of ether oxygens (including phenoxy) is 3. The molecule has 0 bridgehead atoms. The van der Waals surface area contributed by atoms with Crippen molar-refractivity contribution in [2.45, 2.75) is 18.9 Å². The van der Waals surface area contributed by atoms with E-state index in [4.69, 9.17) is 25.7 Å². The number of hydrogen-bond acceptors (Lipinski definition) is 7. The zero-order valence-corrected chi connectivity index (χ0v) is 19.0. The summed E-state index contributed by atoms with van der Waals surface area (Å²) in [6, 6.07) is 10.6. The van der Waals surface area contributed by atoms with Crippen LogP contribution in [0.2, 0.25) is 0 Å². The van der Waals surface area contributed by atoms with Crippen molar-refractivity contribution in [2.75, 3.05) is 20.3 Å². The largest absolute Gasteiger partial charge is 0.497 e. The number of rotatable bonds is 11. The maximum atomic E-state index is 12.7. The number of benzene rings is 2. The second-order valence-electron chi connectivity index (χ2n) is 7.57. The van der Waals surface area contributed by atoms with Gasteiger partial charge in [0.1, 0.15) is 23.3 Å². The second kappa shape index (κ2) is 11.5. The van der Waals surface area contributed by atoms with Gasteiger partial charge in [0, 0.05) is 12.6 Å². The molecule has 1 unspecified atom stereocenters. The SMILES string of the molecule is COc1cccc(C=C2Oc3cc(OCC(=O)NC(CCCN=C(N)N)C(=O)O)ccc3C2=O)c1. The third kappa shape index (κ3) is 6.97. The van der Waals surface area contributed by atoms with Gasteiger partial charge in [0.15, 0.2) is 18.3 Å². The van der Waals surface area contributed by atoms with E-state index in [0.29, 0.717) is 23.5 Å². The van der Waals surface area contributed by atoms with Crippen LogP contribution >= 0.6 is 0 Å². The van der Waals surface area contributed by atoms with E-state index in [9.17, 15) is 19.5 Å². The van der Waals surface area contributed by atoms with Crippen molar-refractivity contribution in [1.82, 2.24) is 5.32 Å². The fourth-order valence-corrected chi connectivity index (χ4v) is 3.29. The average molecular weight is 482 g/mol. The number of nitrogens with one attached hydrogen (secondary N) is 1. The molecule has 1 amide bonds. The third-order valence-electron chi connectivity index (χ3n) is 4.98. The fraction of sp³-hybridized carbons (Fsp3) is 0.250. The van der Waals surface area contributed by atoms with Gasteiger partial charge in [0.2, 0.25) is 5.78 Å². The first-order chi connectivity index (χ1) is 16.8. The lowest BCUT2D eigenvalue weighted by Crippen LogP contribution is -2.43. The molecule has 11 heteroatoms. The van der Waals surface area contributed by atoms with E-state index in [0.717, 1.165) is 5.56 Å². The standard InChI is InChI=1S/C24H26N4O7/c1-33-15-5-2-4-14(10-15)11-20-22(30)17-8-7-16(12-19(17)35-20)34-13-21(29)28-18(23(31)32)6-3-9-27-24(25)26/h2,4-5,7-8,10-12,18H,3,6,9,13H2,1H3,(H,28,29)(H,31,32)(H4,25,26,27). The van der Waals surface area contributed by atoms with Crippen molar-refractivity contribution in [2.24, 2.45) is 16.5 Å². The smallest absolute Gasteiger partial charge is 0.326 e. The summed E-state index contributed by atoms with van der Waals surface area (Å²) in [6.07, 6.45) is 2.13. The van der Waals surface area contributed by atoms with E-state index in [2.05, 4.69) is 10.3 Å². The van der Waals surface area contributed by atoms with Crippen molar-refractivity contribution in [3.05, 3.63) is 59.4 Å². The van der Waals surface area contributed by atoms with Gasteiger partial charge in [-0.25, -0.2) is 4.79 Å². The van der Waals surface area contributed by atoms with Crippen LogP contribution in [0, 0.1) is 0 Å². The Morgan fingerprint density at radius 2 is 2.00 bits per heavy atom. The molecular formula is C24H26N4O7. The van der Waals surface area contributed by atoms with Crippen molar-refractivity contribution in [3.63, 3.8) is 0 Å².